The Labute approximate surface area is 295 Å². The van der Waals surface area contributed by atoms with E-state index in [0.29, 0.717) is 16.6 Å². The van der Waals surface area contributed by atoms with E-state index in [1.807, 2.05) is 75.4 Å². The first-order valence-electron chi connectivity index (χ1n) is 16.0. The number of nitrogens with zero attached hydrogens (tertiary/aromatic N) is 3. The molecular weight excluding hydrogens is 633 g/mol. The van der Waals surface area contributed by atoms with Crippen LogP contribution in [0.1, 0.15) is 87.8 Å². The van der Waals surface area contributed by atoms with Crippen molar-refractivity contribution in [3.05, 3.63) is 125 Å². The van der Waals surface area contributed by atoms with Gasteiger partial charge >= 0.3 is 17.4 Å². The minimum absolute atomic E-state index is 0. The molecule has 0 radical (unpaired) electrons. The van der Waals surface area contributed by atoms with Crippen LogP contribution in [0.2, 0.25) is 0 Å². The first kappa shape index (κ1) is 38.3. The maximum Gasteiger partial charge on any atom is 3.00 e. The molecular formula is C39H36AlN3O6. The Balaban J connectivity index is 0.000000197. The number of aromatic nitrogens is 3. The molecule has 3 aromatic carbocycles. The first-order valence-corrected chi connectivity index (χ1v) is 16.0. The predicted octanol–water partition coefficient (Wildman–Crippen LogP) is 4.27. The van der Waals surface area contributed by atoms with Crippen LogP contribution < -0.4 is 15.3 Å². The summed E-state index contributed by atoms with van der Waals surface area (Å²) in [6, 6.07) is 22.2. The molecule has 3 aromatic heterocycles. The second-order valence-electron chi connectivity index (χ2n) is 11.1. The van der Waals surface area contributed by atoms with Crippen LogP contribution in [0.25, 0.3) is 32.7 Å². The number of benzene rings is 3. The standard InChI is InChI=1S/3C13H13NO2.Al/c3*1-2-4-9-6-7-10-5-3-8-14-12(10)11(9)13(15)16;/h3*3,5-8H,2,4H2,1H3,(H,15,16);/q;;;+3/p-3. The summed E-state index contributed by atoms with van der Waals surface area (Å²) in [7, 11) is 0. The zero-order valence-corrected chi connectivity index (χ0v) is 28.9. The van der Waals surface area contributed by atoms with E-state index in [0.717, 1.165) is 71.4 Å². The Morgan fingerprint density at radius 2 is 0.735 bits per heavy atom. The Hall–Kier alpha value is -5.17. The maximum absolute atomic E-state index is 11.2. The minimum atomic E-state index is -1.15. The molecule has 10 heteroatoms. The Bertz CT molecular complexity index is 1850. The van der Waals surface area contributed by atoms with Crippen molar-refractivity contribution in [2.75, 3.05) is 0 Å². The minimum Gasteiger partial charge on any atom is -0.545 e. The molecule has 0 saturated carbocycles. The molecule has 0 unspecified atom stereocenters. The van der Waals surface area contributed by atoms with Crippen LogP contribution in [0.3, 0.4) is 0 Å². The van der Waals surface area contributed by atoms with Crippen molar-refractivity contribution in [1.82, 2.24) is 15.0 Å². The molecule has 0 aliphatic heterocycles. The molecule has 49 heavy (non-hydrogen) atoms. The van der Waals surface area contributed by atoms with Crippen LogP contribution in [-0.4, -0.2) is 50.2 Å². The van der Waals surface area contributed by atoms with Crippen molar-refractivity contribution in [3.63, 3.8) is 0 Å². The summed E-state index contributed by atoms with van der Waals surface area (Å²) >= 11 is 0. The largest absolute Gasteiger partial charge is 3.00 e. The van der Waals surface area contributed by atoms with Gasteiger partial charge in [0, 0.05) is 51.4 Å². The summed E-state index contributed by atoms with van der Waals surface area (Å²) < 4.78 is 0. The molecule has 6 rings (SSSR count). The van der Waals surface area contributed by atoms with E-state index in [-0.39, 0.29) is 34.1 Å². The maximum atomic E-state index is 11.2. The van der Waals surface area contributed by atoms with E-state index >= 15 is 0 Å². The number of carbonyl (C=O) groups is 3. The predicted molar refractivity (Wildman–Crippen MR) is 186 cm³/mol. The number of hydrogen-bond donors (Lipinski definition) is 0. The number of carboxylic acids is 3. The summed E-state index contributed by atoms with van der Waals surface area (Å²) in [5.74, 6) is -3.44. The van der Waals surface area contributed by atoms with Gasteiger partial charge in [-0.15, -0.1) is 0 Å². The molecule has 0 aliphatic rings. The second-order valence-corrected chi connectivity index (χ2v) is 11.1. The molecule has 6 aromatic rings. The molecule has 3 heterocycles. The van der Waals surface area contributed by atoms with Crippen molar-refractivity contribution in [1.29, 1.82) is 0 Å². The van der Waals surface area contributed by atoms with E-state index in [9.17, 15) is 29.7 Å². The third kappa shape index (κ3) is 9.26. The van der Waals surface area contributed by atoms with Crippen LogP contribution in [-0.2, 0) is 19.3 Å². The average molecular weight is 670 g/mol. The topological polar surface area (TPSA) is 159 Å². The summed E-state index contributed by atoms with van der Waals surface area (Å²) in [5.41, 5.74) is 4.67. The van der Waals surface area contributed by atoms with Crippen molar-refractivity contribution in [2.24, 2.45) is 0 Å². The van der Waals surface area contributed by atoms with Crippen molar-refractivity contribution < 1.29 is 29.7 Å². The molecule has 0 spiro atoms. The van der Waals surface area contributed by atoms with Gasteiger partial charge in [-0.25, -0.2) is 0 Å². The monoisotopic (exact) mass is 669 g/mol. The summed E-state index contributed by atoms with van der Waals surface area (Å²) in [6.45, 7) is 6.05. The second kappa shape index (κ2) is 18.4. The number of aryl methyl sites for hydroxylation is 3. The van der Waals surface area contributed by atoms with Crippen molar-refractivity contribution in [2.45, 2.75) is 59.3 Å². The third-order valence-electron chi connectivity index (χ3n) is 7.75. The number of pyridine rings is 3. The van der Waals surface area contributed by atoms with Crippen LogP contribution in [0.15, 0.2) is 91.4 Å². The summed E-state index contributed by atoms with van der Waals surface area (Å²) in [4.78, 5) is 45.9. The van der Waals surface area contributed by atoms with E-state index in [4.69, 9.17) is 0 Å². The van der Waals surface area contributed by atoms with Gasteiger partial charge in [-0.05, 0) is 54.2 Å². The van der Waals surface area contributed by atoms with Crippen LogP contribution >= 0.6 is 0 Å². The van der Waals surface area contributed by atoms with Crippen molar-refractivity contribution >= 4 is 68.0 Å². The van der Waals surface area contributed by atoms with Gasteiger partial charge in [-0.3, -0.25) is 15.0 Å². The molecule has 9 nitrogen and oxygen atoms in total. The zero-order valence-electron chi connectivity index (χ0n) is 27.8. The fourth-order valence-corrected chi connectivity index (χ4v) is 5.68. The summed E-state index contributed by atoms with van der Waals surface area (Å²) in [5, 5.41) is 36.0. The number of fused-ring (bicyclic) bond motifs is 3. The van der Waals surface area contributed by atoms with Crippen LogP contribution in [0, 0.1) is 0 Å². The number of rotatable bonds is 9. The Morgan fingerprint density at radius 3 is 0.959 bits per heavy atom. The number of aromatic carboxylic acids is 3. The summed E-state index contributed by atoms with van der Waals surface area (Å²) in [6.07, 6.45) is 9.71. The van der Waals surface area contributed by atoms with Gasteiger partial charge in [0.1, 0.15) is 0 Å². The Kier molecular flexibility index (Phi) is 14.4. The molecule has 0 saturated heterocycles. The van der Waals surface area contributed by atoms with Crippen LogP contribution in [0.5, 0.6) is 0 Å². The van der Waals surface area contributed by atoms with Gasteiger partial charge in [0.05, 0.1) is 34.5 Å². The SMILES string of the molecule is CCCc1ccc2cccnc2c1C(=O)[O-].CCCc1ccc2cccnc2c1C(=O)[O-].CCCc1ccc2cccnc2c1C(=O)[O-].[Al+3]. The van der Waals surface area contributed by atoms with Crippen molar-refractivity contribution in [3.8, 4) is 0 Å². The van der Waals surface area contributed by atoms with E-state index < -0.39 is 17.9 Å². The van der Waals surface area contributed by atoms with Gasteiger partial charge in [-0.2, -0.15) is 0 Å². The van der Waals surface area contributed by atoms with Gasteiger partial charge in [0.15, 0.2) is 0 Å². The molecule has 0 aliphatic carbocycles. The normalized spacial score (nSPS) is 10.3. The Morgan fingerprint density at radius 1 is 0.469 bits per heavy atom. The molecule has 0 fully saturated rings. The molecule has 0 bridgehead atoms. The number of carbonyl (C=O) groups excluding carboxylic acids is 3. The van der Waals surface area contributed by atoms with Gasteiger partial charge in [-0.1, -0.05) is 94.6 Å². The smallest absolute Gasteiger partial charge is 0.545 e. The molecule has 0 amide bonds. The first-order chi connectivity index (χ1) is 23.2. The molecule has 0 N–H and O–H groups in total. The van der Waals surface area contributed by atoms with E-state index in [2.05, 4.69) is 15.0 Å². The quantitative estimate of drug-likeness (QED) is 0.205. The number of carboxylic acid groups (broad SMARTS) is 3. The molecule has 0 atom stereocenters. The zero-order chi connectivity index (χ0) is 34.6. The fraction of sp³-hybridized carbons (Fsp3) is 0.231. The van der Waals surface area contributed by atoms with Crippen LogP contribution in [0.4, 0.5) is 0 Å². The molecule has 246 valence electrons. The fourth-order valence-electron chi connectivity index (χ4n) is 5.68. The van der Waals surface area contributed by atoms with E-state index in [1.165, 1.54) is 0 Å². The van der Waals surface area contributed by atoms with Gasteiger partial charge < -0.3 is 29.7 Å². The number of hydrogen-bond acceptors (Lipinski definition) is 9. The van der Waals surface area contributed by atoms with Gasteiger partial charge in [0.2, 0.25) is 0 Å². The third-order valence-corrected chi connectivity index (χ3v) is 7.75. The van der Waals surface area contributed by atoms with Gasteiger partial charge in [0.25, 0.3) is 0 Å². The average Bonchev–Trinajstić information content (AvgIpc) is 3.08. The van der Waals surface area contributed by atoms with E-state index in [1.54, 1.807) is 36.8 Å².